The van der Waals surface area contributed by atoms with Crippen molar-refractivity contribution >= 4 is 46.7 Å². The maximum atomic E-state index is 13.5. The van der Waals surface area contributed by atoms with Crippen molar-refractivity contribution in [2.75, 3.05) is 10.6 Å². The predicted octanol–water partition coefficient (Wildman–Crippen LogP) is 4.84. The number of furan rings is 1. The number of tetrazole rings is 1. The number of nitrogens with one attached hydrogen (secondary N) is 3. The minimum Gasteiger partial charge on any atom is -0.472 e. The standard InChI is InChI=1S/C33H30ClN7O6/c1-33(2,3)47-32(45)22-8-11-25(12-9-22)36-29(42)27(16-20-4-6-21(7-5-20)23-14-15-46-18-23)38-31(44)30(43)37-26-17-24(34)10-13-28(26)41-19-35-39-40-41/h4-15,17-19,27H,16H2,1-3H3,(H,36,42)(H,37,43)(H,38,44). The summed E-state index contributed by atoms with van der Waals surface area (Å²) in [6, 6.07) is 18.7. The topological polar surface area (TPSA) is 170 Å². The largest absolute Gasteiger partial charge is 0.472 e. The van der Waals surface area contributed by atoms with Gasteiger partial charge in [0.25, 0.3) is 0 Å². The van der Waals surface area contributed by atoms with Gasteiger partial charge in [0.05, 0.1) is 29.5 Å². The van der Waals surface area contributed by atoms with Crippen molar-refractivity contribution in [1.82, 2.24) is 25.5 Å². The number of carbonyl (C=O) groups is 4. The van der Waals surface area contributed by atoms with E-state index in [-0.39, 0.29) is 12.1 Å². The number of halogens is 1. The van der Waals surface area contributed by atoms with E-state index in [1.54, 1.807) is 57.6 Å². The molecule has 2 aromatic heterocycles. The Morgan fingerprint density at radius 2 is 1.66 bits per heavy atom. The van der Waals surface area contributed by atoms with E-state index in [0.717, 1.165) is 11.1 Å². The van der Waals surface area contributed by atoms with E-state index in [1.165, 1.54) is 29.2 Å². The molecule has 14 heteroatoms. The number of aromatic nitrogens is 4. The van der Waals surface area contributed by atoms with Crippen LogP contribution in [0, 0.1) is 0 Å². The number of anilines is 2. The van der Waals surface area contributed by atoms with Crippen molar-refractivity contribution in [3.63, 3.8) is 0 Å². The summed E-state index contributed by atoms with van der Waals surface area (Å²) < 4.78 is 11.8. The number of carbonyl (C=O) groups excluding carboxylic acids is 4. The van der Waals surface area contributed by atoms with Gasteiger partial charge in [-0.1, -0.05) is 35.9 Å². The molecule has 1 unspecified atom stereocenters. The van der Waals surface area contributed by atoms with E-state index in [0.29, 0.717) is 27.5 Å². The van der Waals surface area contributed by atoms with Crippen molar-refractivity contribution in [1.29, 1.82) is 0 Å². The molecule has 0 fully saturated rings. The number of esters is 1. The molecular formula is C33H30ClN7O6. The van der Waals surface area contributed by atoms with Crippen LogP contribution in [-0.2, 0) is 25.5 Å². The summed E-state index contributed by atoms with van der Waals surface area (Å²) in [5.41, 5.74) is 3.04. The fourth-order valence-corrected chi connectivity index (χ4v) is 4.62. The lowest BCUT2D eigenvalue weighted by Crippen LogP contribution is -2.49. The fourth-order valence-electron chi connectivity index (χ4n) is 4.45. The van der Waals surface area contributed by atoms with Crippen molar-refractivity contribution in [2.24, 2.45) is 0 Å². The van der Waals surface area contributed by atoms with Gasteiger partial charge in [0, 0.05) is 22.7 Å². The van der Waals surface area contributed by atoms with Gasteiger partial charge >= 0.3 is 17.8 Å². The molecule has 5 aromatic rings. The summed E-state index contributed by atoms with van der Waals surface area (Å²) in [6.07, 6.45) is 4.55. The number of ether oxygens (including phenoxy) is 1. The Kier molecular flexibility index (Phi) is 9.76. The highest BCUT2D eigenvalue weighted by molar-refractivity contribution is 6.40. The first-order valence-corrected chi connectivity index (χ1v) is 14.7. The maximum absolute atomic E-state index is 13.5. The van der Waals surface area contributed by atoms with E-state index in [2.05, 4.69) is 31.5 Å². The Morgan fingerprint density at radius 1 is 0.915 bits per heavy atom. The lowest BCUT2D eigenvalue weighted by molar-refractivity contribution is -0.137. The van der Waals surface area contributed by atoms with Gasteiger partial charge in [0.2, 0.25) is 5.91 Å². The summed E-state index contributed by atoms with van der Waals surface area (Å²) >= 11 is 6.14. The number of nitrogens with zero attached hydrogens (tertiary/aromatic N) is 4. The number of amides is 3. The average molecular weight is 656 g/mol. The summed E-state index contributed by atoms with van der Waals surface area (Å²) in [4.78, 5) is 52.2. The van der Waals surface area contributed by atoms with Crippen LogP contribution in [0.2, 0.25) is 5.02 Å². The van der Waals surface area contributed by atoms with Crippen LogP contribution in [0.3, 0.4) is 0 Å². The van der Waals surface area contributed by atoms with E-state index in [1.807, 2.05) is 30.3 Å². The van der Waals surface area contributed by atoms with Gasteiger partial charge in [0.1, 0.15) is 18.0 Å². The zero-order valence-corrected chi connectivity index (χ0v) is 26.3. The maximum Gasteiger partial charge on any atom is 0.338 e. The van der Waals surface area contributed by atoms with E-state index < -0.39 is 35.3 Å². The average Bonchev–Trinajstić information content (AvgIpc) is 3.76. The number of rotatable bonds is 9. The number of benzene rings is 3. The normalized spacial score (nSPS) is 11.7. The van der Waals surface area contributed by atoms with Crippen LogP contribution >= 0.6 is 11.6 Å². The lowest BCUT2D eigenvalue weighted by atomic mass is 10.0. The van der Waals surface area contributed by atoms with Crippen molar-refractivity contribution in [3.05, 3.63) is 108 Å². The second-order valence-electron chi connectivity index (χ2n) is 11.4. The first kappa shape index (κ1) is 32.6. The third-order valence-corrected chi connectivity index (χ3v) is 6.90. The lowest BCUT2D eigenvalue weighted by Gasteiger charge is -2.20. The highest BCUT2D eigenvalue weighted by Gasteiger charge is 2.26. The van der Waals surface area contributed by atoms with Crippen LogP contribution in [0.4, 0.5) is 11.4 Å². The quantitative estimate of drug-likeness (QED) is 0.149. The van der Waals surface area contributed by atoms with E-state index in [9.17, 15) is 19.2 Å². The van der Waals surface area contributed by atoms with Crippen molar-refractivity contribution in [2.45, 2.75) is 38.8 Å². The third kappa shape index (κ3) is 8.67. The van der Waals surface area contributed by atoms with Crippen LogP contribution in [0.1, 0.15) is 36.7 Å². The Morgan fingerprint density at radius 3 is 2.30 bits per heavy atom. The van der Waals surface area contributed by atoms with Gasteiger partial charge in [-0.3, -0.25) is 14.4 Å². The molecule has 0 radical (unpaired) electrons. The predicted molar refractivity (Wildman–Crippen MR) is 173 cm³/mol. The summed E-state index contributed by atoms with van der Waals surface area (Å²) in [5.74, 6) is -3.21. The molecule has 3 amide bonds. The highest BCUT2D eigenvalue weighted by atomic mass is 35.5. The van der Waals surface area contributed by atoms with Gasteiger partial charge in [-0.15, -0.1) is 5.10 Å². The number of hydrogen-bond donors (Lipinski definition) is 3. The van der Waals surface area contributed by atoms with Gasteiger partial charge in [-0.25, -0.2) is 4.79 Å². The molecule has 3 N–H and O–H groups in total. The molecule has 240 valence electrons. The Hall–Kier alpha value is -5.82. The molecule has 0 saturated heterocycles. The number of hydrogen-bond acceptors (Lipinski definition) is 9. The monoisotopic (exact) mass is 655 g/mol. The molecule has 0 bridgehead atoms. The van der Waals surface area contributed by atoms with Crippen LogP contribution in [0.15, 0.2) is 96.1 Å². The Balaban J connectivity index is 1.33. The smallest absolute Gasteiger partial charge is 0.338 e. The second-order valence-corrected chi connectivity index (χ2v) is 11.8. The zero-order chi connectivity index (χ0) is 33.6. The van der Waals surface area contributed by atoms with Crippen LogP contribution in [0.25, 0.3) is 16.8 Å². The SMILES string of the molecule is CC(C)(C)OC(=O)c1ccc(NC(=O)C(Cc2ccc(-c3ccoc3)cc2)NC(=O)C(=O)Nc2cc(Cl)ccc2-n2cnnn2)cc1. The molecule has 0 aliphatic rings. The van der Waals surface area contributed by atoms with E-state index in [4.69, 9.17) is 20.8 Å². The van der Waals surface area contributed by atoms with Crippen LogP contribution in [0.5, 0.6) is 0 Å². The molecule has 0 spiro atoms. The molecule has 0 aliphatic heterocycles. The molecule has 3 aromatic carbocycles. The minimum absolute atomic E-state index is 0.0551. The Labute approximate surface area is 274 Å². The first-order valence-electron chi connectivity index (χ1n) is 14.4. The fraction of sp³-hybridized carbons (Fsp3) is 0.182. The summed E-state index contributed by atoms with van der Waals surface area (Å²) in [6.45, 7) is 5.30. The molecular weight excluding hydrogens is 626 g/mol. The minimum atomic E-state index is -1.17. The Bertz CT molecular complexity index is 1870. The van der Waals surface area contributed by atoms with Gasteiger partial charge in [-0.05, 0) is 90.9 Å². The molecule has 13 nitrogen and oxygen atoms in total. The van der Waals surface area contributed by atoms with Crippen molar-refractivity contribution < 1.29 is 28.3 Å². The van der Waals surface area contributed by atoms with Gasteiger partial charge in [0.15, 0.2) is 0 Å². The third-order valence-electron chi connectivity index (χ3n) is 6.67. The first-order chi connectivity index (χ1) is 22.4. The molecule has 0 aliphatic carbocycles. The van der Waals surface area contributed by atoms with Crippen molar-refractivity contribution in [3.8, 4) is 16.8 Å². The van der Waals surface area contributed by atoms with Gasteiger partial charge in [-0.2, -0.15) is 4.68 Å². The second kappa shape index (κ2) is 14.1. The van der Waals surface area contributed by atoms with Crippen LogP contribution in [-0.4, -0.2) is 55.5 Å². The van der Waals surface area contributed by atoms with E-state index >= 15 is 0 Å². The summed E-state index contributed by atoms with van der Waals surface area (Å²) in [7, 11) is 0. The molecule has 0 saturated carbocycles. The summed E-state index contributed by atoms with van der Waals surface area (Å²) in [5, 5.41) is 19.1. The zero-order valence-electron chi connectivity index (χ0n) is 25.6. The van der Waals surface area contributed by atoms with Crippen LogP contribution < -0.4 is 16.0 Å². The van der Waals surface area contributed by atoms with Gasteiger partial charge < -0.3 is 25.1 Å². The molecule has 2 heterocycles. The molecule has 1 atom stereocenters. The highest BCUT2D eigenvalue weighted by Crippen LogP contribution is 2.24. The molecule has 5 rings (SSSR count). The molecule has 47 heavy (non-hydrogen) atoms.